The van der Waals surface area contributed by atoms with Crippen LogP contribution in [-0.2, 0) is 10.1 Å². The first-order valence-corrected chi connectivity index (χ1v) is 6.49. The number of hydrogen-bond acceptors (Lipinski definition) is 2. The summed E-state index contributed by atoms with van der Waals surface area (Å²) < 4.78 is 30.7. The second-order valence-corrected chi connectivity index (χ2v) is 5.62. The first kappa shape index (κ1) is 17.6. The maximum Gasteiger partial charge on any atom is 1.00 e. The molecule has 0 unspecified atom stereocenters. The molecule has 1 rings (SSSR count). The Morgan fingerprint density at radius 1 is 0.812 bits per heavy atom. The molecule has 1 N–H and O–H groups in total. The van der Waals surface area contributed by atoms with Crippen molar-refractivity contribution in [3.63, 3.8) is 0 Å². The maximum absolute atomic E-state index is 10.9. The third-order valence-corrected chi connectivity index (χ3v) is 4.85. The van der Waals surface area contributed by atoms with Crippen molar-refractivity contribution in [3.05, 3.63) is 25.1 Å². The first-order valence-electron chi connectivity index (χ1n) is 3.16. The van der Waals surface area contributed by atoms with Crippen molar-refractivity contribution in [1.29, 1.82) is 0 Å². The Morgan fingerprint density at radius 3 is 1.31 bits per heavy atom. The van der Waals surface area contributed by atoms with Crippen LogP contribution in [0.15, 0.2) is 4.90 Å². The zero-order valence-electron chi connectivity index (χ0n) is 8.56. The molecule has 86 valence electrons. The summed E-state index contributed by atoms with van der Waals surface area (Å²) in [5.74, 6) is 0. The number of benzene rings is 1. The predicted octanol–water partition coefficient (Wildman–Crippen LogP) is 1.32. The van der Waals surface area contributed by atoms with Gasteiger partial charge in [0.05, 0.1) is 25.1 Å². The minimum absolute atomic E-state index is 0. The standard InChI is InChI=1S/C6HCl5O3S.Na.H/c7-1-2(8)4(10)6(15(12,13)14)5(11)3(1)9;;/h(H,12,13,14);;/q;+1;-1. The Hall–Kier alpha value is 1.58. The minimum atomic E-state index is -4.62. The van der Waals surface area contributed by atoms with Crippen LogP contribution in [0.25, 0.3) is 0 Å². The number of hydrogen-bond donors (Lipinski definition) is 1. The molecule has 0 heterocycles. The van der Waals surface area contributed by atoms with Gasteiger partial charge in [-0.25, -0.2) is 0 Å². The number of rotatable bonds is 1. The van der Waals surface area contributed by atoms with Crippen LogP contribution in [0, 0.1) is 0 Å². The monoisotopic (exact) mass is 352 g/mol. The van der Waals surface area contributed by atoms with Crippen molar-refractivity contribution in [2.75, 3.05) is 0 Å². The Bertz CT molecular complexity index is 506. The third kappa shape index (κ3) is 3.32. The van der Waals surface area contributed by atoms with Gasteiger partial charge < -0.3 is 1.43 Å². The van der Waals surface area contributed by atoms with Gasteiger partial charge in [-0.05, 0) is 0 Å². The van der Waals surface area contributed by atoms with Crippen LogP contribution in [0.1, 0.15) is 1.43 Å². The van der Waals surface area contributed by atoms with Crippen LogP contribution in [0.5, 0.6) is 0 Å². The van der Waals surface area contributed by atoms with E-state index >= 15 is 0 Å². The van der Waals surface area contributed by atoms with Crippen molar-refractivity contribution in [3.8, 4) is 0 Å². The molecule has 0 amide bonds. The van der Waals surface area contributed by atoms with Gasteiger partial charge in [-0.2, -0.15) is 8.42 Å². The molecule has 16 heavy (non-hydrogen) atoms. The summed E-state index contributed by atoms with van der Waals surface area (Å²) in [4.78, 5) is -0.759. The average Bonchev–Trinajstić information content (AvgIpc) is 2.09. The molecule has 0 atom stereocenters. The summed E-state index contributed by atoms with van der Waals surface area (Å²) in [5.41, 5.74) is 0. The van der Waals surface area contributed by atoms with Crippen LogP contribution in [-0.4, -0.2) is 13.0 Å². The molecule has 0 saturated carbocycles. The van der Waals surface area contributed by atoms with E-state index in [9.17, 15) is 8.42 Å². The molecule has 0 radical (unpaired) electrons. The fourth-order valence-corrected chi connectivity index (χ4v) is 3.30. The Kier molecular flexibility index (Phi) is 6.76. The van der Waals surface area contributed by atoms with E-state index in [1.165, 1.54) is 0 Å². The van der Waals surface area contributed by atoms with Gasteiger partial charge in [-0.1, -0.05) is 58.0 Å². The summed E-state index contributed by atoms with van der Waals surface area (Å²) in [5, 5.41) is -1.71. The molecule has 0 fully saturated rings. The van der Waals surface area contributed by atoms with Crippen LogP contribution in [0.3, 0.4) is 0 Å². The molecule has 0 bridgehead atoms. The molecule has 0 aromatic heterocycles. The van der Waals surface area contributed by atoms with Gasteiger partial charge in [-0.15, -0.1) is 0 Å². The van der Waals surface area contributed by atoms with Crippen LogP contribution >= 0.6 is 58.0 Å². The summed E-state index contributed by atoms with van der Waals surface area (Å²) in [7, 11) is -4.62. The average molecular weight is 354 g/mol. The van der Waals surface area contributed by atoms with E-state index < -0.39 is 25.1 Å². The smallest absolute Gasteiger partial charge is 1.00 e. The van der Waals surface area contributed by atoms with Crippen molar-refractivity contribution < 1.29 is 44.0 Å². The molecule has 0 aliphatic rings. The minimum Gasteiger partial charge on any atom is -1.00 e. The molecule has 0 aliphatic carbocycles. The molecule has 0 aliphatic heterocycles. The second kappa shape index (κ2) is 6.15. The Balaban J connectivity index is 0. The van der Waals surface area contributed by atoms with Gasteiger partial charge in [0.15, 0.2) is 0 Å². The van der Waals surface area contributed by atoms with Crippen molar-refractivity contribution in [1.82, 2.24) is 0 Å². The molecular formula is C6H2Cl5NaO3S. The van der Waals surface area contributed by atoms with E-state index in [2.05, 4.69) is 0 Å². The summed E-state index contributed by atoms with van der Waals surface area (Å²) in [6, 6.07) is 0. The molecule has 10 heteroatoms. The van der Waals surface area contributed by atoms with Gasteiger partial charge in [0.1, 0.15) is 4.90 Å². The van der Waals surface area contributed by atoms with Crippen LogP contribution < -0.4 is 29.6 Å². The molecule has 1 aromatic rings. The van der Waals surface area contributed by atoms with E-state index in [1.807, 2.05) is 0 Å². The fourth-order valence-electron chi connectivity index (χ4n) is 0.811. The van der Waals surface area contributed by atoms with E-state index in [1.54, 1.807) is 0 Å². The zero-order valence-corrected chi connectivity index (χ0v) is 14.2. The van der Waals surface area contributed by atoms with Crippen LogP contribution in [0.4, 0.5) is 0 Å². The van der Waals surface area contributed by atoms with Crippen molar-refractivity contribution in [2.45, 2.75) is 4.90 Å². The van der Waals surface area contributed by atoms with E-state index in [0.29, 0.717) is 0 Å². The molecule has 1 aromatic carbocycles. The van der Waals surface area contributed by atoms with E-state index in [4.69, 9.17) is 62.6 Å². The third-order valence-electron chi connectivity index (χ3n) is 1.43. The van der Waals surface area contributed by atoms with Gasteiger partial charge in [0.2, 0.25) is 0 Å². The predicted molar refractivity (Wildman–Crippen MR) is 62.4 cm³/mol. The van der Waals surface area contributed by atoms with E-state index in [0.717, 1.165) is 0 Å². The van der Waals surface area contributed by atoms with Gasteiger partial charge >= 0.3 is 29.6 Å². The molecular weight excluding hydrogens is 352 g/mol. The fraction of sp³-hybridized carbons (Fsp3) is 0. The van der Waals surface area contributed by atoms with Gasteiger partial charge in [0.25, 0.3) is 10.1 Å². The quantitative estimate of drug-likeness (QED) is 0.358. The second-order valence-electron chi connectivity index (χ2n) is 2.37. The summed E-state index contributed by atoms with van der Waals surface area (Å²) in [6.45, 7) is 0. The maximum atomic E-state index is 10.9. The Labute approximate surface area is 140 Å². The van der Waals surface area contributed by atoms with Crippen molar-refractivity contribution >= 4 is 68.1 Å². The summed E-state index contributed by atoms with van der Waals surface area (Å²) in [6.07, 6.45) is 0. The van der Waals surface area contributed by atoms with Gasteiger partial charge in [-0.3, -0.25) is 4.55 Å². The molecule has 0 saturated heterocycles. The molecule has 3 nitrogen and oxygen atoms in total. The SMILES string of the molecule is O=S(=O)(O)c1c(Cl)c(Cl)c(Cl)c(Cl)c1Cl.[H-].[Na+]. The summed E-state index contributed by atoms with van der Waals surface area (Å²) >= 11 is 27.9. The normalized spacial score (nSPS) is 11.1. The van der Waals surface area contributed by atoms with Crippen molar-refractivity contribution in [2.24, 2.45) is 0 Å². The first-order chi connectivity index (χ1) is 6.68. The molecule has 0 spiro atoms. The number of halogens is 5. The Morgan fingerprint density at radius 2 is 1.06 bits per heavy atom. The van der Waals surface area contributed by atoms with Gasteiger partial charge in [0, 0.05) is 0 Å². The van der Waals surface area contributed by atoms with Crippen LogP contribution in [0.2, 0.25) is 25.1 Å². The largest absolute Gasteiger partial charge is 1.00 e. The zero-order chi connectivity index (χ0) is 12.0. The van der Waals surface area contributed by atoms with E-state index in [-0.39, 0.29) is 46.1 Å². The topological polar surface area (TPSA) is 54.4 Å².